The first-order chi connectivity index (χ1) is 14.5. The monoisotopic (exact) mass is 411 g/mol. The molecule has 0 saturated carbocycles. The maximum absolute atomic E-state index is 12.2. The van der Waals surface area contributed by atoms with Crippen molar-refractivity contribution < 1.29 is 24.2 Å². The average Bonchev–Trinajstić information content (AvgIpc) is 3.07. The van der Waals surface area contributed by atoms with Crippen LogP contribution in [0.4, 0.5) is 9.59 Å². The van der Waals surface area contributed by atoms with Gasteiger partial charge in [-0.2, -0.15) is 0 Å². The minimum atomic E-state index is -1.15. The van der Waals surface area contributed by atoms with Gasteiger partial charge in [-0.1, -0.05) is 48.5 Å². The molecule has 0 spiro atoms. The lowest BCUT2D eigenvalue weighted by Crippen LogP contribution is -2.42. The fourth-order valence-electron chi connectivity index (χ4n) is 3.64. The fourth-order valence-corrected chi connectivity index (χ4v) is 3.64. The van der Waals surface area contributed by atoms with Crippen LogP contribution in [0.5, 0.6) is 0 Å². The van der Waals surface area contributed by atoms with Crippen molar-refractivity contribution in [3.63, 3.8) is 0 Å². The minimum absolute atomic E-state index is 0.0943. The summed E-state index contributed by atoms with van der Waals surface area (Å²) in [5.41, 5.74) is 4.41. The van der Waals surface area contributed by atoms with Crippen molar-refractivity contribution >= 4 is 18.1 Å². The maximum Gasteiger partial charge on any atom is 0.407 e. The molecule has 3 amide bonds. The number of carbonyl (C=O) groups is 3. The van der Waals surface area contributed by atoms with Crippen molar-refractivity contribution in [2.24, 2.45) is 0 Å². The number of amides is 3. The van der Waals surface area contributed by atoms with Crippen LogP contribution in [0.15, 0.2) is 48.5 Å². The molecule has 0 aliphatic heterocycles. The number of carboxylic acid groups (broad SMARTS) is 1. The number of benzene rings is 2. The van der Waals surface area contributed by atoms with E-state index in [4.69, 9.17) is 4.74 Å². The molecule has 0 unspecified atom stereocenters. The summed E-state index contributed by atoms with van der Waals surface area (Å²) in [6.07, 6.45) is -0.207. The van der Waals surface area contributed by atoms with Gasteiger partial charge in [-0.3, -0.25) is 0 Å². The van der Waals surface area contributed by atoms with Crippen molar-refractivity contribution in [1.29, 1.82) is 0 Å². The number of fused-ring (bicyclic) bond motifs is 3. The lowest BCUT2D eigenvalue weighted by atomic mass is 9.98. The Bertz CT molecular complexity index is 885. The number of carbonyl (C=O) groups excluding carboxylic acids is 2. The smallest absolute Gasteiger partial charge is 0.407 e. The number of aliphatic carboxylic acids is 1. The van der Waals surface area contributed by atoms with Crippen LogP contribution in [0.1, 0.15) is 29.9 Å². The van der Waals surface area contributed by atoms with Crippen molar-refractivity contribution in [2.75, 3.05) is 20.2 Å². The number of hydrogen-bond acceptors (Lipinski definition) is 4. The summed E-state index contributed by atoms with van der Waals surface area (Å²) in [4.78, 5) is 34.8. The standard InChI is InChI=1S/C22H25N3O5/c1-23-21(28)24-12-6-11-19(20(26)27)25-22(29)30-13-18-16-9-4-2-7-14(16)15-8-3-5-10-17(15)18/h2-5,7-10,18-19H,6,11-13H2,1H3,(H,25,29)(H,26,27)(H2,23,24,28)/t19-/m0/s1. The van der Waals surface area contributed by atoms with Gasteiger partial charge in [-0.05, 0) is 35.1 Å². The van der Waals surface area contributed by atoms with Crippen LogP contribution >= 0.6 is 0 Å². The highest BCUT2D eigenvalue weighted by atomic mass is 16.5. The molecule has 8 nitrogen and oxygen atoms in total. The largest absolute Gasteiger partial charge is 0.480 e. The quantitative estimate of drug-likeness (QED) is 0.498. The van der Waals surface area contributed by atoms with Crippen molar-refractivity contribution in [2.45, 2.75) is 24.8 Å². The molecule has 0 fully saturated rings. The molecule has 8 heteroatoms. The molecular weight excluding hydrogens is 386 g/mol. The number of urea groups is 1. The van der Waals surface area contributed by atoms with E-state index in [0.29, 0.717) is 13.0 Å². The predicted octanol–water partition coefficient (Wildman–Crippen LogP) is 2.69. The van der Waals surface area contributed by atoms with Crippen LogP contribution in [0, 0.1) is 0 Å². The molecule has 2 aromatic rings. The van der Waals surface area contributed by atoms with E-state index < -0.39 is 18.1 Å². The first-order valence-electron chi connectivity index (χ1n) is 9.81. The second-order valence-electron chi connectivity index (χ2n) is 7.01. The highest BCUT2D eigenvalue weighted by Gasteiger charge is 2.29. The summed E-state index contributed by atoms with van der Waals surface area (Å²) in [7, 11) is 1.49. The van der Waals surface area contributed by atoms with E-state index in [1.165, 1.54) is 7.05 Å². The van der Waals surface area contributed by atoms with E-state index in [9.17, 15) is 19.5 Å². The van der Waals surface area contributed by atoms with Gasteiger partial charge in [0.1, 0.15) is 12.6 Å². The van der Waals surface area contributed by atoms with E-state index in [2.05, 4.69) is 16.0 Å². The number of carboxylic acids is 1. The van der Waals surface area contributed by atoms with E-state index >= 15 is 0 Å². The Labute approximate surface area is 174 Å². The molecule has 0 aromatic heterocycles. The van der Waals surface area contributed by atoms with Crippen LogP contribution in [0.3, 0.4) is 0 Å². The normalized spacial score (nSPS) is 13.0. The Hall–Kier alpha value is -3.55. The van der Waals surface area contributed by atoms with Gasteiger partial charge in [0.2, 0.25) is 0 Å². The third-order valence-electron chi connectivity index (χ3n) is 5.12. The third-order valence-corrected chi connectivity index (χ3v) is 5.12. The molecule has 4 N–H and O–H groups in total. The van der Waals surface area contributed by atoms with Crippen LogP contribution in [-0.2, 0) is 9.53 Å². The van der Waals surface area contributed by atoms with Gasteiger partial charge in [0, 0.05) is 19.5 Å². The molecule has 158 valence electrons. The molecule has 0 radical (unpaired) electrons. The summed E-state index contributed by atoms with van der Waals surface area (Å²) >= 11 is 0. The zero-order chi connectivity index (χ0) is 21.5. The first kappa shape index (κ1) is 21.2. The molecule has 1 aliphatic rings. The SMILES string of the molecule is CNC(=O)NCCC[C@H](NC(=O)OCC1c2ccccc2-c2ccccc21)C(=O)O. The Morgan fingerprint density at radius 2 is 1.63 bits per heavy atom. The predicted molar refractivity (Wildman–Crippen MR) is 111 cm³/mol. The highest BCUT2D eigenvalue weighted by Crippen LogP contribution is 2.44. The van der Waals surface area contributed by atoms with Crippen molar-refractivity contribution in [1.82, 2.24) is 16.0 Å². The minimum Gasteiger partial charge on any atom is -0.480 e. The molecule has 0 heterocycles. The van der Waals surface area contributed by atoms with Crippen LogP contribution in [0.2, 0.25) is 0 Å². The Balaban J connectivity index is 1.56. The fraction of sp³-hybridized carbons (Fsp3) is 0.318. The van der Waals surface area contributed by atoms with Gasteiger partial charge in [0.25, 0.3) is 0 Å². The summed E-state index contributed by atoms with van der Waals surface area (Å²) in [6, 6.07) is 14.5. The number of ether oxygens (including phenoxy) is 1. The molecule has 30 heavy (non-hydrogen) atoms. The molecule has 2 aromatic carbocycles. The maximum atomic E-state index is 12.2. The number of nitrogens with one attached hydrogen (secondary N) is 3. The van der Waals surface area contributed by atoms with E-state index in [1.807, 2.05) is 48.5 Å². The van der Waals surface area contributed by atoms with Gasteiger partial charge in [0.15, 0.2) is 0 Å². The first-order valence-corrected chi connectivity index (χ1v) is 9.81. The van der Waals surface area contributed by atoms with Gasteiger partial charge >= 0.3 is 18.1 Å². The second kappa shape index (κ2) is 9.78. The molecule has 3 rings (SSSR count). The summed E-state index contributed by atoms with van der Waals surface area (Å²) in [5.74, 6) is -1.24. The Morgan fingerprint density at radius 1 is 1.03 bits per heavy atom. The highest BCUT2D eigenvalue weighted by molar-refractivity contribution is 5.81. The van der Waals surface area contributed by atoms with E-state index in [0.717, 1.165) is 22.3 Å². The average molecular weight is 411 g/mol. The topological polar surface area (TPSA) is 117 Å². The Morgan fingerprint density at radius 3 is 2.20 bits per heavy atom. The second-order valence-corrected chi connectivity index (χ2v) is 7.01. The van der Waals surface area contributed by atoms with Crippen LogP contribution in [-0.4, -0.2) is 49.4 Å². The number of alkyl carbamates (subject to hydrolysis) is 1. The molecule has 1 atom stereocenters. The van der Waals surface area contributed by atoms with Gasteiger partial charge in [0.05, 0.1) is 0 Å². The van der Waals surface area contributed by atoms with Crippen molar-refractivity contribution in [3.8, 4) is 11.1 Å². The van der Waals surface area contributed by atoms with E-state index in [-0.39, 0.29) is 25.0 Å². The molecule has 0 bridgehead atoms. The third kappa shape index (κ3) is 4.89. The zero-order valence-electron chi connectivity index (χ0n) is 16.7. The number of hydrogen-bond donors (Lipinski definition) is 4. The summed E-state index contributed by atoms with van der Waals surface area (Å²) < 4.78 is 5.39. The van der Waals surface area contributed by atoms with E-state index in [1.54, 1.807) is 0 Å². The molecule has 0 saturated heterocycles. The van der Waals surface area contributed by atoms with Crippen LogP contribution < -0.4 is 16.0 Å². The summed E-state index contributed by atoms with van der Waals surface area (Å²) in [6.45, 7) is 0.417. The lowest BCUT2D eigenvalue weighted by molar-refractivity contribution is -0.139. The molecule has 1 aliphatic carbocycles. The Kier molecular flexibility index (Phi) is 6.90. The van der Waals surface area contributed by atoms with Gasteiger partial charge < -0.3 is 25.8 Å². The van der Waals surface area contributed by atoms with Crippen molar-refractivity contribution in [3.05, 3.63) is 59.7 Å². The molecular formula is C22H25N3O5. The van der Waals surface area contributed by atoms with Crippen LogP contribution in [0.25, 0.3) is 11.1 Å². The van der Waals surface area contributed by atoms with Gasteiger partial charge in [-0.15, -0.1) is 0 Å². The lowest BCUT2D eigenvalue weighted by Gasteiger charge is -2.17. The zero-order valence-corrected chi connectivity index (χ0v) is 16.7. The number of rotatable bonds is 8. The summed E-state index contributed by atoms with van der Waals surface area (Å²) in [5, 5.41) is 16.7. The van der Waals surface area contributed by atoms with Gasteiger partial charge in [-0.25, -0.2) is 14.4 Å².